The van der Waals surface area contributed by atoms with E-state index in [9.17, 15) is 10.1 Å². The van der Waals surface area contributed by atoms with Crippen molar-refractivity contribution in [2.45, 2.75) is 6.92 Å². The molecule has 1 aromatic carbocycles. The average Bonchev–Trinajstić information content (AvgIpc) is 3.07. The molecule has 3 N–H and O–H groups in total. The summed E-state index contributed by atoms with van der Waals surface area (Å²) >= 11 is 1.41. The number of aromatic nitrogens is 3. The Bertz CT molecular complexity index is 824. The van der Waals surface area contributed by atoms with E-state index in [0.29, 0.717) is 22.6 Å². The van der Waals surface area contributed by atoms with Gasteiger partial charge in [0.2, 0.25) is 0 Å². The Hall–Kier alpha value is -2.74. The van der Waals surface area contributed by atoms with Crippen molar-refractivity contribution in [3.8, 4) is 21.8 Å². The lowest BCUT2D eigenvalue weighted by Crippen LogP contribution is -1.92. The van der Waals surface area contributed by atoms with Crippen LogP contribution in [0, 0.1) is 17.0 Å². The molecule has 0 spiro atoms. The van der Waals surface area contributed by atoms with Crippen LogP contribution in [0.25, 0.3) is 21.8 Å². The summed E-state index contributed by atoms with van der Waals surface area (Å²) < 4.78 is 0. The van der Waals surface area contributed by atoms with Gasteiger partial charge in [0.25, 0.3) is 5.69 Å². The summed E-state index contributed by atoms with van der Waals surface area (Å²) in [4.78, 5) is 15.1. The van der Waals surface area contributed by atoms with Gasteiger partial charge in [0, 0.05) is 22.6 Å². The molecule has 2 heterocycles. The highest BCUT2D eigenvalue weighted by molar-refractivity contribution is 7.13. The topological polar surface area (TPSA) is 111 Å². The maximum atomic E-state index is 11.0. The van der Waals surface area contributed by atoms with E-state index in [2.05, 4.69) is 15.2 Å². The summed E-state index contributed by atoms with van der Waals surface area (Å²) in [6.45, 7) is 1.71. The van der Waals surface area contributed by atoms with Gasteiger partial charge in [-0.1, -0.05) is 12.1 Å². The molecule has 2 aromatic heterocycles. The number of H-pyrrole nitrogens is 1. The van der Waals surface area contributed by atoms with Crippen LogP contribution < -0.4 is 5.73 Å². The number of hydrogen-bond acceptors (Lipinski definition) is 6. The van der Waals surface area contributed by atoms with Gasteiger partial charge in [-0.05, 0) is 6.92 Å². The van der Waals surface area contributed by atoms with E-state index in [-0.39, 0.29) is 10.6 Å². The number of aromatic amines is 1. The van der Waals surface area contributed by atoms with Crippen LogP contribution in [0.3, 0.4) is 0 Å². The van der Waals surface area contributed by atoms with Crippen LogP contribution >= 0.6 is 11.3 Å². The molecule has 0 saturated heterocycles. The van der Waals surface area contributed by atoms with E-state index in [1.165, 1.54) is 17.4 Å². The minimum Gasteiger partial charge on any atom is -0.383 e. The van der Waals surface area contributed by atoms with Gasteiger partial charge >= 0.3 is 0 Å². The van der Waals surface area contributed by atoms with Crippen molar-refractivity contribution < 1.29 is 4.92 Å². The molecular formula is C13H11N5O2S. The molecule has 0 unspecified atom stereocenters. The number of nitrogens with zero attached hydrogens (tertiary/aromatic N) is 3. The molecule has 0 aliphatic heterocycles. The molecule has 3 rings (SSSR count). The normalized spacial score (nSPS) is 10.7. The second-order valence-electron chi connectivity index (χ2n) is 4.49. The Morgan fingerprint density at radius 1 is 1.43 bits per heavy atom. The van der Waals surface area contributed by atoms with E-state index < -0.39 is 0 Å². The Balaban J connectivity index is 2.03. The number of anilines is 1. The second kappa shape index (κ2) is 4.98. The van der Waals surface area contributed by atoms with Gasteiger partial charge in [0.05, 0.1) is 22.4 Å². The van der Waals surface area contributed by atoms with Crippen LogP contribution in [0.5, 0.6) is 0 Å². The quantitative estimate of drug-likeness (QED) is 0.570. The Morgan fingerprint density at radius 2 is 2.24 bits per heavy atom. The monoisotopic (exact) mass is 301 g/mol. The third-order valence-electron chi connectivity index (χ3n) is 3.11. The molecule has 21 heavy (non-hydrogen) atoms. The molecule has 0 fully saturated rings. The Labute approximate surface area is 123 Å². The van der Waals surface area contributed by atoms with Gasteiger partial charge in [-0.2, -0.15) is 5.10 Å². The zero-order valence-electron chi connectivity index (χ0n) is 11.0. The van der Waals surface area contributed by atoms with Crippen LogP contribution in [0.15, 0.2) is 29.8 Å². The summed E-state index contributed by atoms with van der Waals surface area (Å²) in [6, 6.07) is 5.07. The maximum Gasteiger partial charge on any atom is 0.272 e. The first-order valence-electron chi connectivity index (χ1n) is 6.06. The third kappa shape index (κ3) is 2.36. The van der Waals surface area contributed by atoms with Gasteiger partial charge in [0.15, 0.2) is 0 Å². The number of nitro benzene ring substituents is 1. The average molecular weight is 301 g/mol. The molecule has 7 nitrogen and oxygen atoms in total. The molecule has 0 saturated carbocycles. The van der Waals surface area contributed by atoms with E-state index in [1.54, 1.807) is 19.2 Å². The first kappa shape index (κ1) is 13.3. The lowest BCUT2D eigenvalue weighted by molar-refractivity contribution is -0.385. The van der Waals surface area contributed by atoms with Gasteiger partial charge in [-0.15, -0.1) is 11.3 Å². The Kier molecular flexibility index (Phi) is 3.15. The molecule has 8 heteroatoms. The molecule has 3 aromatic rings. The summed E-state index contributed by atoms with van der Waals surface area (Å²) in [5.41, 5.74) is 8.59. The standard InChI is InChI=1S/C13H11N5O2S/c1-7-2-3-8(4-11(7)18(19)20)10-6-21-13(16-10)9-5-15-17-12(9)14/h2-6H,1H3,(H3,14,15,17). The van der Waals surface area contributed by atoms with Crippen LogP contribution in [0.1, 0.15) is 5.56 Å². The molecular weight excluding hydrogens is 290 g/mol. The third-order valence-corrected chi connectivity index (χ3v) is 3.98. The smallest absolute Gasteiger partial charge is 0.272 e. The predicted molar refractivity (Wildman–Crippen MR) is 80.9 cm³/mol. The number of benzene rings is 1. The largest absolute Gasteiger partial charge is 0.383 e. The molecule has 0 aliphatic rings. The van der Waals surface area contributed by atoms with Crippen molar-refractivity contribution >= 4 is 22.8 Å². The van der Waals surface area contributed by atoms with E-state index in [0.717, 1.165) is 10.6 Å². The van der Waals surface area contributed by atoms with Crippen LogP contribution in [0.4, 0.5) is 11.5 Å². The number of nitrogen functional groups attached to an aromatic ring is 1. The zero-order valence-corrected chi connectivity index (χ0v) is 11.8. The van der Waals surface area contributed by atoms with Crippen molar-refractivity contribution in [3.63, 3.8) is 0 Å². The van der Waals surface area contributed by atoms with Gasteiger partial charge in [-0.3, -0.25) is 15.2 Å². The fraction of sp³-hybridized carbons (Fsp3) is 0.0769. The summed E-state index contributed by atoms with van der Waals surface area (Å²) in [5, 5.41) is 20.1. The first-order valence-corrected chi connectivity index (χ1v) is 6.94. The lowest BCUT2D eigenvalue weighted by Gasteiger charge is -2.00. The van der Waals surface area contributed by atoms with Gasteiger partial charge in [0.1, 0.15) is 10.8 Å². The summed E-state index contributed by atoms with van der Waals surface area (Å²) in [7, 11) is 0. The molecule has 0 bridgehead atoms. The number of nitrogens with two attached hydrogens (primary N) is 1. The molecule has 0 atom stereocenters. The van der Waals surface area contributed by atoms with Crippen molar-refractivity contribution in [2.24, 2.45) is 0 Å². The predicted octanol–water partition coefficient (Wildman–Crippen LogP) is 3.00. The van der Waals surface area contributed by atoms with Crippen LogP contribution in [-0.4, -0.2) is 20.1 Å². The highest BCUT2D eigenvalue weighted by atomic mass is 32.1. The zero-order chi connectivity index (χ0) is 15.0. The molecule has 0 radical (unpaired) electrons. The number of nitro groups is 1. The fourth-order valence-corrected chi connectivity index (χ4v) is 2.81. The highest BCUT2D eigenvalue weighted by Gasteiger charge is 2.15. The molecule has 106 valence electrons. The second-order valence-corrected chi connectivity index (χ2v) is 5.35. The van der Waals surface area contributed by atoms with E-state index in [4.69, 9.17) is 5.73 Å². The maximum absolute atomic E-state index is 11.0. The van der Waals surface area contributed by atoms with Crippen molar-refractivity contribution in [1.29, 1.82) is 0 Å². The number of aryl methyl sites for hydroxylation is 1. The number of rotatable bonds is 3. The van der Waals surface area contributed by atoms with Crippen molar-refractivity contribution in [2.75, 3.05) is 5.73 Å². The molecule has 0 amide bonds. The first-order chi connectivity index (χ1) is 10.1. The minimum absolute atomic E-state index is 0.0878. The number of nitrogens with one attached hydrogen (secondary N) is 1. The fourth-order valence-electron chi connectivity index (χ4n) is 1.96. The van der Waals surface area contributed by atoms with E-state index >= 15 is 0 Å². The number of hydrogen-bond donors (Lipinski definition) is 2. The minimum atomic E-state index is -0.389. The summed E-state index contributed by atoms with van der Waals surface area (Å²) in [6.07, 6.45) is 1.61. The summed E-state index contributed by atoms with van der Waals surface area (Å²) in [5.74, 6) is 0.450. The SMILES string of the molecule is Cc1ccc(-c2csc(-c3cn[nH]c3N)n2)cc1[N+](=O)[O-]. The van der Waals surface area contributed by atoms with E-state index in [1.807, 2.05) is 11.4 Å². The molecule has 0 aliphatic carbocycles. The lowest BCUT2D eigenvalue weighted by atomic mass is 10.1. The van der Waals surface area contributed by atoms with Crippen LogP contribution in [-0.2, 0) is 0 Å². The van der Waals surface area contributed by atoms with Gasteiger partial charge in [-0.25, -0.2) is 4.98 Å². The van der Waals surface area contributed by atoms with Crippen LogP contribution in [0.2, 0.25) is 0 Å². The highest BCUT2D eigenvalue weighted by Crippen LogP contribution is 2.32. The van der Waals surface area contributed by atoms with Crippen molar-refractivity contribution in [1.82, 2.24) is 15.2 Å². The van der Waals surface area contributed by atoms with Gasteiger partial charge < -0.3 is 5.73 Å². The van der Waals surface area contributed by atoms with Crippen molar-refractivity contribution in [3.05, 3.63) is 45.5 Å². The number of thiazole rings is 1. The Morgan fingerprint density at radius 3 is 2.90 bits per heavy atom.